The zero-order valence-corrected chi connectivity index (χ0v) is 13.5. The first kappa shape index (κ1) is 15.7. The van der Waals surface area contributed by atoms with Crippen LogP contribution in [0.15, 0.2) is 60.9 Å². The Kier molecular flexibility index (Phi) is 4.74. The van der Waals surface area contributed by atoms with E-state index in [0.717, 1.165) is 23.4 Å². The molecule has 0 radical (unpaired) electrons. The fraction of sp³-hybridized carbons (Fsp3) is 0.167. The molecule has 0 atom stereocenters. The third-order valence-electron chi connectivity index (χ3n) is 3.56. The summed E-state index contributed by atoms with van der Waals surface area (Å²) in [5.41, 5.74) is 3.04. The van der Waals surface area contributed by atoms with Crippen LogP contribution in [0.1, 0.15) is 11.1 Å². The number of para-hydroxylation sites is 1. The van der Waals surface area contributed by atoms with Gasteiger partial charge in [0.1, 0.15) is 5.82 Å². The number of hydrogen-bond donors (Lipinski definition) is 0. The minimum absolute atomic E-state index is 0.314. The maximum atomic E-state index is 13.1. The van der Waals surface area contributed by atoms with Crippen LogP contribution >= 0.6 is 11.6 Å². The zero-order valence-electron chi connectivity index (χ0n) is 12.8. The van der Waals surface area contributed by atoms with Gasteiger partial charge >= 0.3 is 0 Å². The van der Waals surface area contributed by atoms with Gasteiger partial charge in [-0.05, 0) is 36.9 Å². The zero-order chi connectivity index (χ0) is 16.2. The van der Waals surface area contributed by atoms with Crippen molar-refractivity contribution in [2.45, 2.75) is 13.1 Å². The highest BCUT2D eigenvalue weighted by Gasteiger charge is 2.08. The molecular formula is C18H17ClFN3. The number of benzene rings is 2. The van der Waals surface area contributed by atoms with Gasteiger partial charge in [-0.25, -0.2) is 9.07 Å². The number of aromatic nitrogens is 2. The van der Waals surface area contributed by atoms with E-state index in [2.05, 4.69) is 10.00 Å². The maximum Gasteiger partial charge on any atom is 0.124 e. The molecule has 1 heterocycles. The van der Waals surface area contributed by atoms with Crippen molar-refractivity contribution in [1.29, 1.82) is 0 Å². The second-order valence-corrected chi connectivity index (χ2v) is 5.94. The second-order valence-electron chi connectivity index (χ2n) is 5.54. The summed E-state index contributed by atoms with van der Waals surface area (Å²) < 4.78 is 14.9. The van der Waals surface area contributed by atoms with E-state index in [1.165, 1.54) is 12.1 Å². The van der Waals surface area contributed by atoms with Crippen LogP contribution in [-0.2, 0) is 13.1 Å². The van der Waals surface area contributed by atoms with Gasteiger partial charge in [0.05, 0.1) is 11.9 Å². The normalized spacial score (nSPS) is 11.1. The van der Waals surface area contributed by atoms with E-state index in [0.29, 0.717) is 11.6 Å². The summed E-state index contributed by atoms with van der Waals surface area (Å²) in [6.07, 6.45) is 3.87. The van der Waals surface area contributed by atoms with Crippen LogP contribution < -0.4 is 0 Å². The van der Waals surface area contributed by atoms with Gasteiger partial charge in [0.2, 0.25) is 0 Å². The van der Waals surface area contributed by atoms with E-state index in [4.69, 9.17) is 11.6 Å². The number of nitrogens with zero attached hydrogens (tertiary/aromatic N) is 3. The molecule has 3 aromatic rings. The van der Waals surface area contributed by atoms with Gasteiger partial charge in [0.15, 0.2) is 0 Å². The Balaban J connectivity index is 1.66. The number of halogens is 2. The summed E-state index contributed by atoms with van der Waals surface area (Å²) in [4.78, 5) is 2.12. The largest absolute Gasteiger partial charge is 0.298 e. The fourth-order valence-corrected chi connectivity index (χ4v) is 2.70. The lowest BCUT2D eigenvalue weighted by Crippen LogP contribution is -2.17. The standard InChI is InChI=1S/C18H17ClFN3/c1-22(13-15-7-8-16(20)9-18(15)19)11-14-10-21-23(12-14)17-5-3-2-4-6-17/h2-10,12H,11,13H2,1H3. The van der Waals surface area contributed by atoms with Crippen molar-refractivity contribution in [2.75, 3.05) is 7.05 Å². The summed E-state index contributed by atoms with van der Waals surface area (Å²) in [6.45, 7) is 1.39. The van der Waals surface area contributed by atoms with Crippen molar-refractivity contribution >= 4 is 11.6 Å². The summed E-state index contributed by atoms with van der Waals surface area (Å²) in [6, 6.07) is 14.5. The smallest absolute Gasteiger partial charge is 0.124 e. The van der Waals surface area contributed by atoms with Crippen LogP contribution in [0.4, 0.5) is 4.39 Å². The predicted molar refractivity (Wildman–Crippen MR) is 90.1 cm³/mol. The molecule has 1 aromatic heterocycles. The van der Waals surface area contributed by atoms with Gasteiger partial charge < -0.3 is 0 Å². The molecule has 3 rings (SSSR count). The van der Waals surface area contributed by atoms with E-state index in [1.54, 1.807) is 6.07 Å². The number of hydrogen-bond acceptors (Lipinski definition) is 2. The average molecular weight is 330 g/mol. The van der Waals surface area contributed by atoms with Gasteiger partial charge in [-0.2, -0.15) is 5.10 Å². The highest BCUT2D eigenvalue weighted by atomic mass is 35.5. The molecule has 0 amide bonds. The lowest BCUT2D eigenvalue weighted by molar-refractivity contribution is 0.319. The van der Waals surface area contributed by atoms with Crippen molar-refractivity contribution < 1.29 is 4.39 Å². The van der Waals surface area contributed by atoms with Crippen molar-refractivity contribution in [3.63, 3.8) is 0 Å². The molecule has 2 aromatic carbocycles. The topological polar surface area (TPSA) is 21.1 Å². The first-order chi connectivity index (χ1) is 11.1. The predicted octanol–water partition coefficient (Wildman–Crippen LogP) is 4.30. The van der Waals surface area contributed by atoms with Gasteiger partial charge in [0.25, 0.3) is 0 Å². The second kappa shape index (κ2) is 6.94. The molecule has 0 aliphatic heterocycles. The quantitative estimate of drug-likeness (QED) is 0.696. The van der Waals surface area contributed by atoms with Crippen molar-refractivity contribution in [1.82, 2.24) is 14.7 Å². The van der Waals surface area contributed by atoms with Gasteiger partial charge in [-0.1, -0.05) is 35.9 Å². The molecule has 0 unspecified atom stereocenters. The Labute approximate surface area is 139 Å². The maximum absolute atomic E-state index is 13.1. The Morgan fingerprint density at radius 2 is 1.91 bits per heavy atom. The van der Waals surface area contributed by atoms with Crippen molar-refractivity contribution in [2.24, 2.45) is 0 Å². The van der Waals surface area contributed by atoms with Gasteiger partial charge in [0, 0.05) is 29.9 Å². The number of rotatable bonds is 5. The lowest BCUT2D eigenvalue weighted by atomic mass is 10.2. The third-order valence-corrected chi connectivity index (χ3v) is 3.92. The molecule has 0 saturated carbocycles. The summed E-state index contributed by atoms with van der Waals surface area (Å²) >= 11 is 6.08. The molecule has 118 valence electrons. The Morgan fingerprint density at radius 1 is 1.13 bits per heavy atom. The van der Waals surface area contributed by atoms with Crippen LogP contribution in [0, 0.1) is 5.82 Å². The van der Waals surface area contributed by atoms with Gasteiger partial charge in [-0.3, -0.25) is 4.90 Å². The van der Waals surface area contributed by atoms with Crippen LogP contribution in [0.3, 0.4) is 0 Å². The molecular weight excluding hydrogens is 313 g/mol. The van der Waals surface area contributed by atoms with Crippen LogP contribution in [0.25, 0.3) is 5.69 Å². The lowest BCUT2D eigenvalue weighted by Gasteiger charge is -2.16. The Hall–Kier alpha value is -2.17. The molecule has 5 heteroatoms. The van der Waals surface area contributed by atoms with Crippen molar-refractivity contribution in [3.05, 3.63) is 82.9 Å². The molecule has 0 fully saturated rings. The molecule has 0 N–H and O–H groups in total. The van der Waals surface area contributed by atoms with Crippen LogP contribution in [-0.4, -0.2) is 21.7 Å². The van der Waals surface area contributed by atoms with E-state index < -0.39 is 0 Å². The summed E-state index contributed by atoms with van der Waals surface area (Å²) in [5, 5.41) is 4.85. The van der Waals surface area contributed by atoms with E-state index in [-0.39, 0.29) is 5.82 Å². The molecule has 23 heavy (non-hydrogen) atoms. The summed E-state index contributed by atoms with van der Waals surface area (Å²) in [7, 11) is 2.00. The molecule has 0 saturated heterocycles. The highest BCUT2D eigenvalue weighted by Crippen LogP contribution is 2.19. The van der Waals surface area contributed by atoms with Gasteiger partial charge in [-0.15, -0.1) is 0 Å². The first-order valence-electron chi connectivity index (χ1n) is 7.33. The highest BCUT2D eigenvalue weighted by molar-refractivity contribution is 6.31. The first-order valence-corrected chi connectivity index (χ1v) is 7.71. The Bertz CT molecular complexity index is 786. The molecule has 0 aliphatic rings. The summed E-state index contributed by atoms with van der Waals surface area (Å²) in [5.74, 6) is -0.314. The van der Waals surface area contributed by atoms with E-state index in [1.807, 2.05) is 54.5 Å². The Morgan fingerprint density at radius 3 is 2.65 bits per heavy atom. The molecule has 0 spiro atoms. The monoisotopic (exact) mass is 329 g/mol. The van der Waals surface area contributed by atoms with Crippen LogP contribution in [0.5, 0.6) is 0 Å². The molecule has 0 bridgehead atoms. The molecule has 0 aliphatic carbocycles. The average Bonchev–Trinajstić information content (AvgIpc) is 2.99. The minimum atomic E-state index is -0.314. The van der Waals surface area contributed by atoms with Crippen molar-refractivity contribution in [3.8, 4) is 5.69 Å². The van der Waals surface area contributed by atoms with E-state index >= 15 is 0 Å². The van der Waals surface area contributed by atoms with E-state index in [9.17, 15) is 4.39 Å². The molecule has 3 nitrogen and oxygen atoms in total. The fourth-order valence-electron chi connectivity index (χ4n) is 2.47. The van der Waals surface area contributed by atoms with Crippen LogP contribution in [0.2, 0.25) is 5.02 Å². The third kappa shape index (κ3) is 3.97. The minimum Gasteiger partial charge on any atom is -0.298 e. The SMILES string of the molecule is CN(Cc1cnn(-c2ccccc2)c1)Cc1ccc(F)cc1Cl.